The van der Waals surface area contributed by atoms with E-state index in [0.29, 0.717) is 16.4 Å². The summed E-state index contributed by atoms with van der Waals surface area (Å²) in [5.74, 6) is -0.418. The quantitative estimate of drug-likeness (QED) is 0.750. The van der Waals surface area contributed by atoms with Crippen molar-refractivity contribution in [1.82, 2.24) is 0 Å². The fourth-order valence-electron chi connectivity index (χ4n) is 2.34. The van der Waals surface area contributed by atoms with Crippen LogP contribution >= 0.6 is 23.4 Å². The molecule has 2 aromatic rings. The molecule has 1 N–H and O–H groups in total. The number of rotatable bonds is 6. The lowest BCUT2D eigenvalue weighted by molar-refractivity contribution is -0.116. The number of sulfonamides is 1. The van der Waals surface area contributed by atoms with Crippen molar-refractivity contribution >= 4 is 50.7 Å². The van der Waals surface area contributed by atoms with E-state index >= 15 is 0 Å². The molecule has 134 valence electrons. The van der Waals surface area contributed by atoms with Crippen molar-refractivity contribution in [3.63, 3.8) is 0 Å². The number of carbonyl (C=O) groups excluding carboxylic acids is 1. The Hall–Kier alpha value is -1.70. The number of nitrogens with zero attached hydrogens (tertiary/aromatic N) is 1. The summed E-state index contributed by atoms with van der Waals surface area (Å²) in [6, 6.07) is 12.8. The Morgan fingerprint density at radius 2 is 1.84 bits per heavy atom. The van der Waals surface area contributed by atoms with Gasteiger partial charge in [0.2, 0.25) is 15.9 Å². The van der Waals surface area contributed by atoms with Crippen molar-refractivity contribution in [2.75, 3.05) is 22.1 Å². The molecule has 1 atom stereocenters. The monoisotopic (exact) mass is 398 g/mol. The first-order valence-electron chi connectivity index (χ1n) is 7.42. The summed E-state index contributed by atoms with van der Waals surface area (Å²) in [5, 5.41) is 3.25. The van der Waals surface area contributed by atoms with Crippen LogP contribution in [0.2, 0.25) is 5.02 Å². The topological polar surface area (TPSA) is 66.5 Å². The highest BCUT2D eigenvalue weighted by atomic mass is 35.5. The highest BCUT2D eigenvalue weighted by molar-refractivity contribution is 7.98. The maximum absolute atomic E-state index is 12.6. The smallest absolute Gasteiger partial charge is 0.247 e. The van der Waals surface area contributed by atoms with Gasteiger partial charge in [-0.3, -0.25) is 9.10 Å². The van der Waals surface area contributed by atoms with E-state index in [9.17, 15) is 13.2 Å². The van der Waals surface area contributed by atoms with Gasteiger partial charge < -0.3 is 5.32 Å². The molecule has 0 fully saturated rings. The minimum atomic E-state index is -3.65. The number of amides is 1. The Kier molecular flexibility index (Phi) is 6.37. The van der Waals surface area contributed by atoms with Crippen LogP contribution < -0.4 is 9.62 Å². The summed E-state index contributed by atoms with van der Waals surface area (Å²) in [7, 11) is -3.65. The second kappa shape index (κ2) is 8.12. The van der Waals surface area contributed by atoms with Gasteiger partial charge in [0.15, 0.2) is 0 Å². The zero-order valence-electron chi connectivity index (χ0n) is 14.1. The fourth-order valence-corrected chi connectivity index (χ4v) is 4.10. The Morgan fingerprint density at radius 1 is 1.20 bits per heavy atom. The number of anilines is 2. The largest absolute Gasteiger partial charge is 0.324 e. The van der Waals surface area contributed by atoms with Crippen LogP contribution in [-0.4, -0.2) is 32.9 Å². The Balaban J connectivity index is 2.28. The first kappa shape index (κ1) is 19.6. The van der Waals surface area contributed by atoms with Gasteiger partial charge >= 0.3 is 0 Å². The first-order chi connectivity index (χ1) is 11.7. The molecule has 0 unspecified atom stereocenters. The van der Waals surface area contributed by atoms with Gasteiger partial charge in [-0.1, -0.05) is 17.7 Å². The minimum Gasteiger partial charge on any atom is -0.324 e. The summed E-state index contributed by atoms with van der Waals surface area (Å²) in [4.78, 5) is 13.6. The lowest BCUT2D eigenvalue weighted by atomic mass is 10.2. The van der Waals surface area contributed by atoms with Crippen molar-refractivity contribution in [3.8, 4) is 0 Å². The van der Waals surface area contributed by atoms with Crippen molar-refractivity contribution < 1.29 is 13.2 Å². The first-order valence-corrected chi connectivity index (χ1v) is 10.9. The molecule has 0 aromatic heterocycles. The lowest BCUT2D eigenvalue weighted by Crippen LogP contribution is -2.45. The van der Waals surface area contributed by atoms with Crippen molar-refractivity contribution in [3.05, 3.63) is 53.6 Å². The molecule has 0 saturated carbocycles. The Labute approximate surface area is 157 Å². The number of halogens is 1. The van der Waals surface area contributed by atoms with Crippen molar-refractivity contribution in [2.24, 2.45) is 0 Å². The highest BCUT2D eigenvalue weighted by Crippen LogP contribution is 2.24. The zero-order chi connectivity index (χ0) is 18.6. The summed E-state index contributed by atoms with van der Waals surface area (Å²) in [5.41, 5.74) is 1.00. The van der Waals surface area contributed by atoms with Crippen molar-refractivity contribution in [2.45, 2.75) is 17.9 Å². The van der Waals surface area contributed by atoms with Gasteiger partial charge in [0.05, 0.1) is 11.9 Å². The number of thioether (sulfide) groups is 1. The molecule has 0 heterocycles. The van der Waals surface area contributed by atoms with E-state index in [1.54, 1.807) is 49.0 Å². The van der Waals surface area contributed by atoms with Gasteiger partial charge in [-0.15, -0.1) is 11.8 Å². The molecule has 25 heavy (non-hydrogen) atoms. The van der Waals surface area contributed by atoms with Crippen LogP contribution in [0.3, 0.4) is 0 Å². The van der Waals surface area contributed by atoms with Crippen LogP contribution in [0.15, 0.2) is 53.4 Å². The normalized spacial score (nSPS) is 12.5. The predicted molar refractivity (Wildman–Crippen MR) is 105 cm³/mol. The van der Waals surface area contributed by atoms with Crippen LogP contribution in [0.1, 0.15) is 6.92 Å². The van der Waals surface area contributed by atoms with Crippen LogP contribution in [0.25, 0.3) is 0 Å². The second-order valence-electron chi connectivity index (χ2n) is 5.43. The van der Waals surface area contributed by atoms with Crippen LogP contribution in [-0.2, 0) is 14.8 Å². The summed E-state index contributed by atoms with van der Waals surface area (Å²) in [6.07, 6.45) is 3.01. The standard InChI is InChI=1S/C17H19ClN2O3S2/c1-12(17(21)19-14-5-4-6-16(11-14)24-2)20(25(3,22)23)15-9-7-13(18)8-10-15/h4-12H,1-3H3,(H,19,21)/t12-/m1/s1. The molecule has 0 saturated heterocycles. The molecule has 2 rings (SSSR count). The molecule has 0 aliphatic rings. The van der Waals surface area contributed by atoms with Crippen LogP contribution in [0.4, 0.5) is 11.4 Å². The molecule has 0 aliphatic carbocycles. The van der Waals surface area contributed by atoms with Gasteiger partial charge in [-0.25, -0.2) is 8.42 Å². The van der Waals surface area contributed by atoms with E-state index in [2.05, 4.69) is 5.32 Å². The van der Waals surface area contributed by atoms with E-state index in [1.807, 2.05) is 24.5 Å². The minimum absolute atomic E-state index is 0.382. The predicted octanol–water partition coefficient (Wildman–Crippen LogP) is 3.86. The molecular weight excluding hydrogens is 380 g/mol. The molecule has 0 aliphatic heterocycles. The molecular formula is C17H19ClN2O3S2. The summed E-state index contributed by atoms with van der Waals surface area (Å²) in [6.45, 7) is 1.55. The molecule has 0 radical (unpaired) electrons. The molecule has 2 aromatic carbocycles. The van der Waals surface area contributed by atoms with E-state index in [-0.39, 0.29) is 0 Å². The van der Waals surface area contributed by atoms with E-state index in [0.717, 1.165) is 15.5 Å². The third-order valence-corrected chi connectivity index (χ3v) is 5.73. The van der Waals surface area contributed by atoms with E-state index in [4.69, 9.17) is 11.6 Å². The second-order valence-corrected chi connectivity index (χ2v) is 8.61. The Morgan fingerprint density at radius 3 is 2.40 bits per heavy atom. The van der Waals surface area contributed by atoms with Crippen molar-refractivity contribution in [1.29, 1.82) is 0 Å². The molecule has 8 heteroatoms. The van der Waals surface area contributed by atoms with Gasteiger partial charge in [0.25, 0.3) is 0 Å². The van der Waals surface area contributed by atoms with Gasteiger partial charge in [0.1, 0.15) is 6.04 Å². The number of nitrogens with one attached hydrogen (secondary N) is 1. The zero-order valence-corrected chi connectivity index (χ0v) is 16.5. The summed E-state index contributed by atoms with van der Waals surface area (Å²) < 4.78 is 25.5. The highest BCUT2D eigenvalue weighted by Gasteiger charge is 2.29. The number of carbonyl (C=O) groups is 1. The van der Waals surface area contributed by atoms with Gasteiger partial charge in [0, 0.05) is 15.6 Å². The third-order valence-electron chi connectivity index (χ3n) is 3.51. The fraction of sp³-hybridized carbons (Fsp3) is 0.235. The number of hydrogen-bond donors (Lipinski definition) is 1. The SMILES string of the molecule is CSc1cccc(NC(=O)[C@@H](C)N(c2ccc(Cl)cc2)S(C)(=O)=O)c1. The van der Waals surface area contributed by atoms with E-state index in [1.165, 1.54) is 0 Å². The molecule has 0 spiro atoms. The van der Waals surface area contributed by atoms with Gasteiger partial charge in [-0.05, 0) is 55.6 Å². The van der Waals surface area contributed by atoms with E-state index < -0.39 is 22.0 Å². The molecule has 0 bridgehead atoms. The maximum Gasteiger partial charge on any atom is 0.247 e. The summed E-state index contributed by atoms with van der Waals surface area (Å²) >= 11 is 7.42. The lowest BCUT2D eigenvalue weighted by Gasteiger charge is -2.28. The van der Waals surface area contributed by atoms with Crippen LogP contribution in [0.5, 0.6) is 0 Å². The third kappa shape index (κ3) is 5.14. The molecule has 5 nitrogen and oxygen atoms in total. The Bertz CT molecular complexity index is 854. The average molecular weight is 399 g/mol. The number of benzene rings is 2. The van der Waals surface area contributed by atoms with Gasteiger partial charge in [-0.2, -0.15) is 0 Å². The molecule has 1 amide bonds. The average Bonchev–Trinajstić information content (AvgIpc) is 2.55. The van der Waals surface area contributed by atoms with Crippen LogP contribution in [0, 0.1) is 0 Å². The number of hydrogen-bond acceptors (Lipinski definition) is 4. The maximum atomic E-state index is 12.6.